The van der Waals surface area contributed by atoms with E-state index >= 15 is 0 Å². The first kappa shape index (κ1) is 18.4. The van der Waals surface area contributed by atoms with Crippen molar-refractivity contribution in [3.05, 3.63) is 71.7 Å². The van der Waals surface area contributed by atoms with E-state index < -0.39 is 0 Å². The Morgan fingerprint density at radius 3 is 2.68 bits per heavy atom. The minimum atomic E-state index is 0.0199. The van der Waals surface area contributed by atoms with Crippen molar-refractivity contribution in [1.82, 2.24) is 20.1 Å². The molecule has 1 aliphatic carbocycles. The standard InChI is InChI=1S/C23H26N4O/c1-17-5-4-6-18(13-17)14-23(28)25-16-20-15-22(19-9-11-24-12-10-19)27(26-20)21-7-2-3-8-21/h4-6,9-13,15,21H,2-3,7-8,14,16H2,1H3,(H,25,28). The maximum Gasteiger partial charge on any atom is 0.224 e. The molecule has 5 nitrogen and oxygen atoms in total. The van der Waals surface area contributed by atoms with Crippen LogP contribution in [0.5, 0.6) is 0 Å². The first-order valence-electron chi connectivity index (χ1n) is 10.00. The fourth-order valence-corrected chi connectivity index (χ4v) is 3.96. The summed E-state index contributed by atoms with van der Waals surface area (Å²) < 4.78 is 2.16. The average molecular weight is 374 g/mol. The number of amides is 1. The number of carbonyl (C=O) groups is 1. The van der Waals surface area contributed by atoms with Gasteiger partial charge in [-0.05, 0) is 43.5 Å². The molecular formula is C23H26N4O. The molecular weight excluding hydrogens is 348 g/mol. The Morgan fingerprint density at radius 2 is 1.93 bits per heavy atom. The summed E-state index contributed by atoms with van der Waals surface area (Å²) in [6, 6.07) is 14.6. The van der Waals surface area contributed by atoms with Crippen LogP contribution in [0.2, 0.25) is 0 Å². The van der Waals surface area contributed by atoms with Crippen LogP contribution in [-0.4, -0.2) is 20.7 Å². The Balaban J connectivity index is 1.48. The number of nitrogens with zero attached hydrogens (tertiary/aromatic N) is 3. The lowest BCUT2D eigenvalue weighted by atomic mass is 10.1. The van der Waals surface area contributed by atoms with Crippen LogP contribution in [0, 0.1) is 6.92 Å². The van der Waals surface area contributed by atoms with Crippen LogP contribution in [-0.2, 0) is 17.8 Å². The largest absolute Gasteiger partial charge is 0.350 e. The van der Waals surface area contributed by atoms with Crippen LogP contribution < -0.4 is 5.32 Å². The monoisotopic (exact) mass is 374 g/mol. The van der Waals surface area contributed by atoms with Gasteiger partial charge >= 0.3 is 0 Å². The zero-order chi connectivity index (χ0) is 19.3. The molecule has 0 saturated heterocycles. The molecule has 1 aliphatic rings. The van der Waals surface area contributed by atoms with Gasteiger partial charge in [0.2, 0.25) is 5.91 Å². The maximum absolute atomic E-state index is 12.4. The zero-order valence-electron chi connectivity index (χ0n) is 16.3. The third-order valence-electron chi connectivity index (χ3n) is 5.35. The Kier molecular flexibility index (Phi) is 5.51. The molecule has 0 bridgehead atoms. The van der Waals surface area contributed by atoms with Crippen molar-refractivity contribution >= 4 is 5.91 Å². The van der Waals surface area contributed by atoms with Crippen LogP contribution >= 0.6 is 0 Å². The van der Waals surface area contributed by atoms with E-state index in [0.29, 0.717) is 19.0 Å². The molecule has 28 heavy (non-hydrogen) atoms. The summed E-state index contributed by atoms with van der Waals surface area (Å²) in [5.41, 5.74) is 5.33. The summed E-state index contributed by atoms with van der Waals surface area (Å²) in [6.07, 6.45) is 8.85. The second kappa shape index (κ2) is 8.38. The average Bonchev–Trinajstić information content (AvgIpc) is 3.37. The molecule has 2 aromatic heterocycles. The quantitative estimate of drug-likeness (QED) is 0.702. The van der Waals surface area contributed by atoms with Crippen LogP contribution in [0.25, 0.3) is 11.3 Å². The van der Waals surface area contributed by atoms with Crippen molar-refractivity contribution in [3.8, 4) is 11.3 Å². The molecule has 2 heterocycles. The second-order valence-electron chi connectivity index (χ2n) is 7.58. The number of aryl methyl sites for hydroxylation is 1. The Hall–Kier alpha value is -2.95. The summed E-state index contributed by atoms with van der Waals surface area (Å²) in [5, 5.41) is 7.87. The molecule has 5 heteroatoms. The number of aromatic nitrogens is 3. The highest BCUT2D eigenvalue weighted by atomic mass is 16.1. The lowest BCUT2D eigenvalue weighted by molar-refractivity contribution is -0.120. The topological polar surface area (TPSA) is 59.8 Å². The van der Waals surface area contributed by atoms with E-state index in [1.165, 1.54) is 31.2 Å². The predicted octanol–water partition coefficient (Wildman–Crippen LogP) is 4.23. The lowest BCUT2D eigenvalue weighted by Crippen LogP contribution is -2.25. The SMILES string of the molecule is Cc1cccc(CC(=O)NCc2cc(-c3ccncc3)n(C3CCCC3)n2)c1. The van der Waals surface area contributed by atoms with E-state index in [9.17, 15) is 4.79 Å². The number of carbonyl (C=O) groups excluding carboxylic acids is 1. The highest BCUT2D eigenvalue weighted by Gasteiger charge is 2.22. The van der Waals surface area contributed by atoms with E-state index in [4.69, 9.17) is 5.10 Å². The first-order valence-corrected chi connectivity index (χ1v) is 10.00. The van der Waals surface area contributed by atoms with Gasteiger partial charge in [0, 0.05) is 18.0 Å². The number of rotatable bonds is 6. The normalized spacial score (nSPS) is 14.3. The number of hydrogen-bond donors (Lipinski definition) is 1. The van der Waals surface area contributed by atoms with Gasteiger partial charge in [-0.15, -0.1) is 0 Å². The van der Waals surface area contributed by atoms with Crippen LogP contribution in [0.4, 0.5) is 0 Å². The van der Waals surface area contributed by atoms with E-state index in [0.717, 1.165) is 22.5 Å². The molecule has 1 amide bonds. The van der Waals surface area contributed by atoms with Gasteiger partial charge in [-0.3, -0.25) is 14.5 Å². The van der Waals surface area contributed by atoms with Crippen LogP contribution in [0.1, 0.15) is 48.5 Å². The van der Waals surface area contributed by atoms with Crippen LogP contribution in [0.3, 0.4) is 0 Å². The van der Waals surface area contributed by atoms with Crippen molar-refractivity contribution in [1.29, 1.82) is 0 Å². The minimum Gasteiger partial charge on any atom is -0.350 e. The number of nitrogens with one attached hydrogen (secondary N) is 1. The van der Waals surface area contributed by atoms with Gasteiger partial charge in [0.1, 0.15) is 0 Å². The fourth-order valence-electron chi connectivity index (χ4n) is 3.96. The fraction of sp³-hybridized carbons (Fsp3) is 0.348. The minimum absolute atomic E-state index is 0.0199. The number of pyridine rings is 1. The van der Waals surface area contributed by atoms with E-state index in [1.807, 2.05) is 49.6 Å². The van der Waals surface area contributed by atoms with E-state index in [2.05, 4.69) is 27.1 Å². The molecule has 0 atom stereocenters. The molecule has 0 unspecified atom stereocenters. The second-order valence-corrected chi connectivity index (χ2v) is 7.58. The van der Waals surface area contributed by atoms with Gasteiger partial charge in [-0.1, -0.05) is 42.7 Å². The molecule has 1 N–H and O–H groups in total. The first-order chi connectivity index (χ1) is 13.7. The lowest BCUT2D eigenvalue weighted by Gasteiger charge is -2.14. The molecule has 0 radical (unpaired) electrons. The van der Waals surface area contributed by atoms with Crippen LogP contribution in [0.15, 0.2) is 54.9 Å². The Morgan fingerprint density at radius 1 is 1.14 bits per heavy atom. The number of benzene rings is 1. The maximum atomic E-state index is 12.4. The molecule has 144 valence electrons. The smallest absolute Gasteiger partial charge is 0.224 e. The molecule has 4 rings (SSSR count). The highest BCUT2D eigenvalue weighted by Crippen LogP contribution is 2.33. The molecule has 1 aromatic carbocycles. The summed E-state index contributed by atoms with van der Waals surface area (Å²) >= 11 is 0. The molecule has 0 aliphatic heterocycles. The third kappa shape index (κ3) is 4.30. The van der Waals surface area contributed by atoms with Crippen molar-refractivity contribution in [2.75, 3.05) is 0 Å². The summed E-state index contributed by atoms with van der Waals surface area (Å²) in [4.78, 5) is 16.5. The zero-order valence-corrected chi connectivity index (χ0v) is 16.3. The van der Waals surface area contributed by atoms with Gasteiger partial charge in [0.25, 0.3) is 0 Å². The molecule has 1 fully saturated rings. The van der Waals surface area contributed by atoms with Crippen molar-refractivity contribution in [2.45, 2.75) is 51.6 Å². The van der Waals surface area contributed by atoms with Gasteiger partial charge in [0.05, 0.1) is 30.4 Å². The number of hydrogen-bond acceptors (Lipinski definition) is 3. The molecule has 3 aromatic rings. The third-order valence-corrected chi connectivity index (χ3v) is 5.35. The Labute approximate surface area is 165 Å². The molecule has 1 saturated carbocycles. The predicted molar refractivity (Wildman–Crippen MR) is 110 cm³/mol. The van der Waals surface area contributed by atoms with Crippen molar-refractivity contribution in [2.24, 2.45) is 0 Å². The summed E-state index contributed by atoms with van der Waals surface area (Å²) in [6.45, 7) is 2.49. The van der Waals surface area contributed by atoms with Gasteiger partial charge in [-0.25, -0.2) is 0 Å². The van der Waals surface area contributed by atoms with Gasteiger partial charge < -0.3 is 5.32 Å². The van der Waals surface area contributed by atoms with Gasteiger partial charge in [0.15, 0.2) is 0 Å². The summed E-state index contributed by atoms with van der Waals surface area (Å²) in [7, 11) is 0. The summed E-state index contributed by atoms with van der Waals surface area (Å²) in [5.74, 6) is 0.0199. The highest BCUT2D eigenvalue weighted by molar-refractivity contribution is 5.78. The molecule has 0 spiro atoms. The van der Waals surface area contributed by atoms with E-state index in [-0.39, 0.29) is 5.91 Å². The van der Waals surface area contributed by atoms with E-state index in [1.54, 1.807) is 0 Å². The van der Waals surface area contributed by atoms with Crippen molar-refractivity contribution < 1.29 is 4.79 Å². The van der Waals surface area contributed by atoms with Crippen molar-refractivity contribution in [3.63, 3.8) is 0 Å². The Bertz CT molecular complexity index is 942. The van der Waals surface area contributed by atoms with Gasteiger partial charge in [-0.2, -0.15) is 5.10 Å².